The molecular weight excluding hydrogens is 949 g/mol. The van der Waals surface area contributed by atoms with E-state index < -0.39 is 6.10 Å². The maximum absolute atomic E-state index is 12.9. The Balaban J connectivity index is 4.34. The molecule has 1 unspecified atom stereocenters. The second-order valence-corrected chi connectivity index (χ2v) is 20.2. The molecule has 0 saturated carbocycles. The molecule has 0 rings (SSSR count). The standard InChI is InChI=1S/C71H114O6/c1-4-7-10-13-16-19-21-23-25-27-29-31-33-34-35-36-38-39-41-43-45-47-49-52-55-58-61-64-70(73)76-67-68(66-75-69(72)63-60-57-54-51-18-15-12-9-6-3)77-71(74)65-62-59-56-53-50-48-46-44-42-40-37-32-30-28-26-24-22-20-17-14-11-8-5-2/h7-8,10-11,16-17,19-20,23-26,29-32,34-35,38-40,42-43,45,68H,4-6,9,12-15,18,21-22,27-28,33,36-37,41,44,46-67H2,1-3H3/b10-7-,11-8-,19-16-,20-17-,25-23-,26-24-,31-29-,32-30-,35-34-,39-38-,42-40-,45-43-. The Morgan fingerprint density at radius 1 is 0.273 bits per heavy atom. The summed E-state index contributed by atoms with van der Waals surface area (Å²) in [7, 11) is 0. The van der Waals surface area contributed by atoms with Gasteiger partial charge in [-0.2, -0.15) is 0 Å². The molecule has 0 aliphatic rings. The molecule has 0 aliphatic carbocycles. The van der Waals surface area contributed by atoms with Crippen molar-refractivity contribution in [2.45, 2.75) is 271 Å². The van der Waals surface area contributed by atoms with Crippen LogP contribution in [0.3, 0.4) is 0 Å². The molecule has 0 saturated heterocycles. The Morgan fingerprint density at radius 2 is 0.506 bits per heavy atom. The average Bonchev–Trinajstić information content (AvgIpc) is 3.43. The largest absolute Gasteiger partial charge is 0.462 e. The number of allylic oxidation sites excluding steroid dienone is 24. The number of unbranched alkanes of at least 4 members (excludes halogenated alkanes) is 20. The van der Waals surface area contributed by atoms with E-state index in [0.717, 1.165) is 167 Å². The minimum Gasteiger partial charge on any atom is -0.462 e. The first-order chi connectivity index (χ1) is 38.0. The molecule has 0 spiro atoms. The summed E-state index contributed by atoms with van der Waals surface area (Å²) in [6.45, 7) is 6.36. The fourth-order valence-corrected chi connectivity index (χ4v) is 8.21. The fourth-order valence-electron chi connectivity index (χ4n) is 8.21. The molecule has 1 atom stereocenters. The van der Waals surface area contributed by atoms with Gasteiger partial charge in [-0.15, -0.1) is 0 Å². The van der Waals surface area contributed by atoms with Gasteiger partial charge in [-0.05, 0) is 122 Å². The lowest BCUT2D eigenvalue weighted by molar-refractivity contribution is -0.167. The van der Waals surface area contributed by atoms with Crippen LogP contribution >= 0.6 is 0 Å². The summed E-state index contributed by atoms with van der Waals surface area (Å²) < 4.78 is 16.8. The highest BCUT2D eigenvalue weighted by atomic mass is 16.6. The lowest BCUT2D eigenvalue weighted by atomic mass is 10.1. The fraction of sp³-hybridized carbons (Fsp3) is 0.620. The Morgan fingerprint density at radius 3 is 0.792 bits per heavy atom. The summed E-state index contributed by atoms with van der Waals surface area (Å²) >= 11 is 0. The van der Waals surface area contributed by atoms with Crippen LogP contribution in [0.1, 0.15) is 265 Å². The molecule has 0 bridgehead atoms. The quantitative estimate of drug-likeness (QED) is 0.0261. The van der Waals surface area contributed by atoms with Crippen molar-refractivity contribution in [2.75, 3.05) is 13.2 Å². The van der Waals surface area contributed by atoms with E-state index >= 15 is 0 Å². The van der Waals surface area contributed by atoms with Crippen molar-refractivity contribution >= 4 is 17.9 Å². The molecule has 434 valence electrons. The van der Waals surface area contributed by atoms with Crippen molar-refractivity contribution in [3.8, 4) is 0 Å². The second-order valence-electron chi connectivity index (χ2n) is 20.2. The van der Waals surface area contributed by atoms with E-state index in [0.29, 0.717) is 19.3 Å². The second kappa shape index (κ2) is 63.8. The van der Waals surface area contributed by atoms with Crippen LogP contribution in [0.5, 0.6) is 0 Å². The maximum Gasteiger partial charge on any atom is 0.306 e. The topological polar surface area (TPSA) is 78.9 Å². The van der Waals surface area contributed by atoms with Gasteiger partial charge in [0.25, 0.3) is 0 Å². The van der Waals surface area contributed by atoms with Crippen molar-refractivity contribution in [3.05, 3.63) is 146 Å². The SMILES string of the molecule is CC/C=C\C/C=C\C/C=C\C/C=C\C/C=C\C/C=C\C/C=C\CCCCCCCC(=O)OCC(COC(=O)CCCCCCCCCCC)OC(=O)CCCCCCCCC/C=C\C/C=C\C/C=C\C/C=C\C/C=C\CC. The highest BCUT2D eigenvalue weighted by Gasteiger charge is 2.19. The Hall–Kier alpha value is -4.71. The third-order valence-electron chi connectivity index (χ3n) is 12.8. The predicted molar refractivity (Wildman–Crippen MR) is 334 cm³/mol. The van der Waals surface area contributed by atoms with Crippen molar-refractivity contribution in [3.63, 3.8) is 0 Å². The summed E-state index contributed by atoms with van der Waals surface area (Å²) in [6, 6.07) is 0. The highest BCUT2D eigenvalue weighted by molar-refractivity contribution is 5.71. The van der Waals surface area contributed by atoms with E-state index in [2.05, 4.69) is 167 Å². The Kier molecular flexibility index (Phi) is 59.9. The molecule has 0 aromatic rings. The number of carbonyl (C=O) groups excluding carboxylic acids is 3. The van der Waals surface area contributed by atoms with Gasteiger partial charge in [0.2, 0.25) is 0 Å². The molecule has 0 heterocycles. The van der Waals surface area contributed by atoms with E-state index in [1.54, 1.807) is 0 Å². The Labute approximate surface area is 474 Å². The number of hydrogen-bond acceptors (Lipinski definition) is 6. The molecule has 0 fully saturated rings. The molecule has 0 amide bonds. The van der Waals surface area contributed by atoms with Gasteiger partial charge in [0, 0.05) is 19.3 Å². The van der Waals surface area contributed by atoms with E-state index in [1.165, 1.54) is 57.8 Å². The summed E-state index contributed by atoms with van der Waals surface area (Å²) in [4.78, 5) is 38.2. The number of rotatable bonds is 55. The predicted octanol–water partition coefficient (Wildman–Crippen LogP) is 21.5. The smallest absolute Gasteiger partial charge is 0.306 e. The molecule has 0 aromatic carbocycles. The monoisotopic (exact) mass is 1060 g/mol. The third-order valence-corrected chi connectivity index (χ3v) is 12.8. The summed E-state index contributed by atoms with van der Waals surface area (Å²) in [5, 5.41) is 0. The van der Waals surface area contributed by atoms with Gasteiger partial charge in [0.15, 0.2) is 6.10 Å². The lowest BCUT2D eigenvalue weighted by Gasteiger charge is -2.18. The average molecular weight is 1060 g/mol. The number of hydrogen-bond donors (Lipinski definition) is 0. The zero-order valence-electron chi connectivity index (χ0n) is 49.7. The van der Waals surface area contributed by atoms with Gasteiger partial charge in [0.1, 0.15) is 13.2 Å². The van der Waals surface area contributed by atoms with Gasteiger partial charge in [-0.3, -0.25) is 14.4 Å². The van der Waals surface area contributed by atoms with E-state index in [1.807, 2.05) is 0 Å². The van der Waals surface area contributed by atoms with Crippen LogP contribution in [0, 0.1) is 0 Å². The zero-order chi connectivity index (χ0) is 55.7. The molecule has 6 heteroatoms. The van der Waals surface area contributed by atoms with E-state index in [4.69, 9.17) is 14.2 Å². The highest BCUT2D eigenvalue weighted by Crippen LogP contribution is 2.14. The molecule has 0 aliphatic heterocycles. The first-order valence-electron chi connectivity index (χ1n) is 31.3. The van der Waals surface area contributed by atoms with Gasteiger partial charge in [-0.1, -0.05) is 269 Å². The Bertz CT molecular complexity index is 1700. The third kappa shape index (κ3) is 62.0. The van der Waals surface area contributed by atoms with Crippen molar-refractivity contribution < 1.29 is 28.6 Å². The van der Waals surface area contributed by atoms with Gasteiger partial charge < -0.3 is 14.2 Å². The van der Waals surface area contributed by atoms with E-state index in [9.17, 15) is 14.4 Å². The van der Waals surface area contributed by atoms with Crippen LogP contribution in [-0.4, -0.2) is 37.2 Å². The van der Waals surface area contributed by atoms with Crippen LogP contribution in [-0.2, 0) is 28.6 Å². The molecule has 6 nitrogen and oxygen atoms in total. The van der Waals surface area contributed by atoms with Crippen LogP contribution in [0.4, 0.5) is 0 Å². The van der Waals surface area contributed by atoms with Crippen molar-refractivity contribution in [1.82, 2.24) is 0 Å². The van der Waals surface area contributed by atoms with Gasteiger partial charge in [-0.25, -0.2) is 0 Å². The number of carbonyl (C=O) groups is 3. The number of esters is 3. The molecule has 0 aromatic heterocycles. The molecule has 0 radical (unpaired) electrons. The van der Waals surface area contributed by atoms with Gasteiger partial charge >= 0.3 is 17.9 Å². The minimum atomic E-state index is -0.797. The zero-order valence-corrected chi connectivity index (χ0v) is 49.7. The lowest BCUT2D eigenvalue weighted by Crippen LogP contribution is -2.30. The maximum atomic E-state index is 12.9. The summed E-state index contributed by atoms with van der Waals surface area (Å²) in [5.41, 5.74) is 0. The van der Waals surface area contributed by atoms with Crippen LogP contribution in [0.2, 0.25) is 0 Å². The minimum absolute atomic E-state index is 0.0925. The van der Waals surface area contributed by atoms with Crippen molar-refractivity contribution in [1.29, 1.82) is 0 Å². The van der Waals surface area contributed by atoms with Crippen LogP contribution < -0.4 is 0 Å². The number of ether oxygens (including phenoxy) is 3. The summed E-state index contributed by atoms with van der Waals surface area (Å²) in [5.74, 6) is -0.928. The van der Waals surface area contributed by atoms with Crippen LogP contribution in [0.25, 0.3) is 0 Å². The molecular formula is C71H114O6. The van der Waals surface area contributed by atoms with E-state index in [-0.39, 0.29) is 31.1 Å². The molecule has 0 N–H and O–H groups in total. The normalized spacial score (nSPS) is 13.1. The van der Waals surface area contributed by atoms with Crippen molar-refractivity contribution in [2.24, 2.45) is 0 Å². The molecule has 77 heavy (non-hydrogen) atoms. The first-order valence-corrected chi connectivity index (χ1v) is 31.3. The summed E-state index contributed by atoms with van der Waals surface area (Å²) in [6.07, 6.45) is 91.4. The van der Waals surface area contributed by atoms with Gasteiger partial charge in [0.05, 0.1) is 0 Å². The van der Waals surface area contributed by atoms with Crippen LogP contribution in [0.15, 0.2) is 146 Å². The first kappa shape index (κ1) is 72.3.